The quantitative estimate of drug-likeness (QED) is 0.304. The summed E-state index contributed by atoms with van der Waals surface area (Å²) in [6.07, 6.45) is 0.989. The van der Waals surface area contributed by atoms with Gasteiger partial charge in [0, 0.05) is 11.8 Å². The van der Waals surface area contributed by atoms with E-state index in [-0.39, 0.29) is 12.4 Å². The fourth-order valence-corrected chi connectivity index (χ4v) is 2.09. The fraction of sp³-hybridized carbons (Fsp3) is 0.364. The lowest BCUT2D eigenvalue weighted by atomic mass is 10.2. The summed E-state index contributed by atoms with van der Waals surface area (Å²) in [4.78, 5) is 22.0. The van der Waals surface area contributed by atoms with E-state index in [0.29, 0.717) is 36.3 Å². The topological polar surface area (TPSA) is 82.1 Å². The van der Waals surface area contributed by atoms with Crippen molar-refractivity contribution in [1.29, 1.82) is 0 Å². The number of rotatable bonds is 8. The molecule has 6 nitrogen and oxygen atoms in total. The third kappa shape index (κ3) is 13.3. The van der Waals surface area contributed by atoms with E-state index in [9.17, 15) is 18.4 Å². The molecular weight excluding hydrogens is 478 g/mol. The van der Waals surface area contributed by atoms with Crippen LogP contribution < -0.4 is 4.74 Å². The van der Waals surface area contributed by atoms with Gasteiger partial charge in [0.2, 0.25) is 0 Å². The molecule has 0 aromatic heterocycles. The molecule has 9 heteroatoms. The van der Waals surface area contributed by atoms with Crippen LogP contribution in [0.2, 0.25) is 0 Å². The summed E-state index contributed by atoms with van der Waals surface area (Å²) in [7, 11) is 2.62. The highest BCUT2D eigenvalue weighted by atomic mass is 79.9. The molecule has 0 fully saturated rings. The molecule has 0 unspecified atom stereocenters. The highest BCUT2D eigenvalue weighted by Gasteiger charge is 2.06. The molecule has 0 atom stereocenters. The van der Waals surface area contributed by atoms with Crippen molar-refractivity contribution >= 4 is 27.9 Å². The van der Waals surface area contributed by atoms with E-state index in [2.05, 4.69) is 25.4 Å². The Morgan fingerprint density at radius 3 is 1.90 bits per heavy atom. The van der Waals surface area contributed by atoms with Gasteiger partial charge in [0.25, 0.3) is 0 Å². The lowest BCUT2D eigenvalue weighted by molar-refractivity contribution is 0.0591. The Hall–Kier alpha value is -2.68. The van der Waals surface area contributed by atoms with Crippen LogP contribution in [0.15, 0.2) is 48.5 Å². The van der Waals surface area contributed by atoms with Gasteiger partial charge in [-0.05, 0) is 42.8 Å². The average molecular weight is 505 g/mol. The number of methoxy groups -OCH3 is 2. The number of hydrogen-bond acceptors (Lipinski definition) is 6. The first-order valence-corrected chi connectivity index (χ1v) is 10.4. The van der Waals surface area contributed by atoms with E-state index < -0.39 is 18.6 Å². The van der Waals surface area contributed by atoms with Crippen LogP contribution in [-0.2, 0) is 9.47 Å². The van der Waals surface area contributed by atoms with E-state index in [1.165, 1.54) is 26.4 Å². The zero-order chi connectivity index (χ0) is 23.5. The zero-order valence-corrected chi connectivity index (χ0v) is 19.1. The Kier molecular flexibility index (Phi) is 16.6. The number of ether oxygens (including phenoxy) is 3. The fourth-order valence-electron chi connectivity index (χ4n) is 1.88. The molecule has 0 aliphatic heterocycles. The van der Waals surface area contributed by atoms with Crippen LogP contribution in [-0.4, -0.2) is 56.6 Å². The summed E-state index contributed by atoms with van der Waals surface area (Å²) in [5, 5.41) is 9.73. The van der Waals surface area contributed by atoms with Gasteiger partial charge in [-0.3, -0.25) is 8.78 Å². The number of benzene rings is 2. The molecular formula is C22H27BrF2O6. The second kappa shape index (κ2) is 18.1. The maximum atomic E-state index is 11.8. The van der Waals surface area contributed by atoms with Gasteiger partial charge in [0.15, 0.2) is 0 Å². The standard InChI is InChI=1S/C11H13FO3.C8H8O3.C3H6BrF/c1-14-11(13)9-4-2-5-10(8-9)15-7-3-6-12;1-11-8(10)6-3-2-4-7(9)5-6;4-2-1-3-5/h2,4-5,8H,3,6-7H2,1H3;2-5,9H,1H3;1-3H2. The monoisotopic (exact) mass is 504 g/mol. The second-order valence-electron chi connectivity index (χ2n) is 5.68. The van der Waals surface area contributed by atoms with Gasteiger partial charge >= 0.3 is 11.9 Å². The predicted octanol–water partition coefficient (Wildman–Crippen LogP) is 5.13. The van der Waals surface area contributed by atoms with E-state index in [1.807, 2.05) is 0 Å². The Balaban J connectivity index is 0.000000492. The minimum absolute atomic E-state index is 0.0629. The molecule has 1 N–H and O–H groups in total. The van der Waals surface area contributed by atoms with Crippen LogP contribution in [0.1, 0.15) is 33.6 Å². The van der Waals surface area contributed by atoms with E-state index >= 15 is 0 Å². The summed E-state index contributed by atoms with van der Waals surface area (Å²) in [6.45, 7) is -0.303. The highest BCUT2D eigenvalue weighted by Crippen LogP contribution is 2.14. The minimum atomic E-state index is -0.444. The number of alkyl halides is 3. The largest absolute Gasteiger partial charge is 0.508 e. The maximum absolute atomic E-state index is 11.8. The van der Waals surface area contributed by atoms with Crippen LogP contribution in [0, 0.1) is 0 Å². The van der Waals surface area contributed by atoms with Crippen molar-refractivity contribution in [3.05, 3.63) is 59.7 Å². The number of aromatic hydroxyl groups is 1. The summed E-state index contributed by atoms with van der Waals surface area (Å²) in [5.41, 5.74) is 0.780. The summed E-state index contributed by atoms with van der Waals surface area (Å²) < 4.78 is 37.0. The molecule has 172 valence electrons. The lowest BCUT2D eigenvalue weighted by Crippen LogP contribution is -2.03. The minimum Gasteiger partial charge on any atom is -0.508 e. The first-order valence-electron chi connectivity index (χ1n) is 9.29. The van der Waals surface area contributed by atoms with Crippen LogP contribution in [0.5, 0.6) is 11.5 Å². The van der Waals surface area contributed by atoms with Crippen LogP contribution in [0.25, 0.3) is 0 Å². The van der Waals surface area contributed by atoms with Crippen molar-refractivity contribution in [2.45, 2.75) is 12.8 Å². The number of phenols is 1. The van der Waals surface area contributed by atoms with Gasteiger partial charge in [-0.1, -0.05) is 28.1 Å². The Morgan fingerprint density at radius 1 is 0.903 bits per heavy atom. The van der Waals surface area contributed by atoms with Crippen molar-refractivity contribution in [3.8, 4) is 11.5 Å². The number of phenolic OH excluding ortho intramolecular Hbond substituents is 1. The molecule has 2 rings (SSSR count). The third-order valence-electron chi connectivity index (χ3n) is 3.34. The first kappa shape index (κ1) is 28.3. The number of carbonyl (C=O) groups excluding carboxylic acids is 2. The highest BCUT2D eigenvalue weighted by molar-refractivity contribution is 9.09. The molecule has 0 saturated heterocycles. The van der Waals surface area contributed by atoms with E-state index in [1.54, 1.807) is 36.4 Å². The second-order valence-corrected chi connectivity index (χ2v) is 6.48. The van der Waals surface area contributed by atoms with Gasteiger partial charge < -0.3 is 19.3 Å². The normalized spacial score (nSPS) is 9.32. The number of hydrogen-bond donors (Lipinski definition) is 1. The van der Waals surface area contributed by atoms with Gasteiger partial charge in [0.05, 0.1) is 45.3 Å². The number of carbonyl (C=O) groups is 2. The van der Waals surface area contributed by atoms with Crippen molar-refractivity contribution in [2.24, 2.45) is 0 Å². The molecule has 0 saturated carbocycles. The van der Waals surface area contributed by atoms with Crippen molar-refractivity contribution < 1.29 is 37.7 Å². The third-order valence-corrected chi connectivity index (χ3v) is 3.90. The van der Waals surface area contributed by atoms with Gasteiger partial charge in [-0.15, -0.1) is 0 Å². The lowest BCUT2D eigenvalue weighted by Gasteiger charge is -2.05. The molecule has 0 aliphatic carbocycles. The Labute approximate surface area is 189 Å². The van der Waals surface area contributed by atoms with Gasteiger partial charge in [-0.2, -0.15) is 0 Å². The molecule has 0 bridgehead atoms. The first-order chi connectivity index (χ1) is 14.9. The molecule has 0 heterocycles. The van der Waals surface area contributed by atoms with Crippen LogP contribution in [0.3, 0.4) is 0 Å². The Morgan fingerprint density at radius 2 is 1.45 bits per heavy atom. The van der Waals surface area contributed by atoms with Crippen LogP contribution >= 0.6 is 15.9 Å². The zero-order valence-electron chi connectivity index (χ0n) is 17.5. The number of esters is 2. The van der Waals surface area contributed by atoms with Crippen LogP contribution in [0.4, 0.5) is 8.78 Å². The van der Waals surface area contributed by atoms with E-state index in [4.69, 9.17) is 9.84 Å². The number of halogens is 3. The molecule has 2 aromatic carbocycles. The molecule has 0 spiro atoms. The maximum Gasteiger partial charge on any atom is 0.337 e. The van der Waals surface area contributed by atoms with E-state index in [0.717, 1.165) is 5.33 Å². The molecule has 2 aromatic rings. The molecule has 0 aliphatic rings. The SMILES string of the molecule is COC(=O)c1cccc(O)c1.COC(=O)c1cccc(OCCCF)c1.FCCCBr. The van der Waals surface area contributed by atoms with Crippen molar-refractivity contribution in [1.82, 2.24) is 0 Å². The summed E-state index contributed by atoms with van der Waals surface area (Å²) in [5.74, 6) is -0.244. The Bertz CT molecular complexity index is 771. The van der Waals surface area contributed by atoms with Gasteiger partial charge in [-0.25, -0.2) is 9.59 Å². The molecule has 31 heavy (non-hydrogen) atoms. The molecule has 0 radical (unpaired) electrons. The average Bonchev–Trinajstić information content (AvgIpc) is 2.80. The smallest absolute Gasteiger partial charge is 0.337 e. The van der Waals surface area contributed by atoms with Crippen molar-refractivity contribution in [3.63, 3.8) is 0 Å². The summed E-state index contributed by atoms with van der Waals surface area (Å²) in [6, 6.07) is 12.6. The summed E-state index contributed by atoms with van der Waals surface area (Å²) >= 11 is 3.07. The predicted molar refractivity (Wildman–Crippen MR) is 118 cm³/mol. The van der Waals surface area contributed by atoms with Crippen molar-refractivity contribution in [2.75, 3.05) is 39.5 Å². The van der Waals surface area contributed by atoms with Gasteiger partial charge in [0.1, 0.15) is 11.5 Å². The molecule has 0 amide bonds.